The maximum absolute atomic E-state index is 12.2. The number of ether oxygens (including phenoxy) is 2. The van der Waals surface area contributed by atoms with Gasteiger partial charge in [0.05, 0.1) is 13.2 Å². The molecule has 1 fully saturated rings. The molecule has 0 amide bonds. The van der Waals surface area contributed by atoms with Crippen molar-refractivity contribution in [2.24, 2.45) is 0 Å². The second-order valence-corrected chi connectivity index (χ2v) is 6.49. The highest BCUT2D eigenvalue weighted by Gasteiger charge is 2.37. The Hall–Kier alpha value is -0.650. The molecule has 1 aliphatic heterocycles. The third-order valence-corrected chi connectivity index (χ3v) is 3.80. The van der Waals surface area contributed by atoms with Crippen LogP contribution in [0.1, 0.15) is 47.0 Å². The first-order chi connectivity index (χ1) is 9.91. The molecule has 1 heterocycles. The van der Waals surface area contributed by atoms with Crippen molar-refractivity contribution < 1.29 is 14.3 Å². The number of carbonyl (C=O) groups excluding carboxylic acids is 1. The highest BCUT2D eigenvalue weighted by molar-refractivity contribution is 5.80. The minimum absolute atomic E-state index is 0.201. The number of esters is 1. The minimum atomic E-state index is -0.671. The number of carbonyl (C=O) groups is 1. The molecule has 124 valence electrons. The van der Waals surface area contributed by atoms with Crippen molar-refractivity contribution in [2.75, 3.05) is 33.4 Å². The van der Waals surface area contributed by atoms with Crippen LogP contribution in [-0.2, 0) is 14.3 Å². The van der Waals surface area contributed by atoms with E-state index in [2.05, 4.69) is 17.1 Å². The smallest absolute Gasteiger partial charge is 0.327 e. The molecule has 2 atom stereocenters. The van der Waals surface area contributed by atoms with Crippen LogP contribution >= 0.6 is 0 Å². The van der Waals surface area contributed by atoms with Gasteiger partial charge >= 0.3 is 5.97 Å². The summed E-state index contributed by atoms with van der Waals surface area (Å²) in [5.74, 6) is -0.201. The second-order valence-electron chi connectivity index (χ2n) is 6.49. The van der Waals surface area contributed by atoms with Gasteiger partial charge in [0.25, 0.3) is 0 Å². The van der Waals surface area contributed by atoms with Gasteiger partial charge in [-0.15, -0.1) is 0 Å². The van der Waals surface area contributed by atoms with Crippen LogP contribution < -0.4 is 5.32 Å². The first kappa shape index (κ1) is 18.4. The number of likely N-dealkylation sites (tertiary alicyclic amines) is 1. The van der Waals surface area contributed by atoms with E-state index in [0.29, 0.717) is 12.6 Å². The molecule has 0 aliphatic carbocycles. The summed E-state index contributed by atoms with van der Waals surface area (Å²) in [5.41, 5.74) is -0.671. The number of methoxy groups -OCH3 is 1. The molecule has 5 heteroatoms. The Bertz CT molecular complexity index is 323. The number of nitrogens with zero attached hydrogens (tertiary/aromatic N) is 1. The monoisotopic (exact) mass is 300 g/mol. The zero-order chi connectivity index (χ0) is 15.9. The molecule has 5 nitrogen and oxygen atoms in total. The molecule has 1 saturated heterocycles. The fourth-order valence-corrected chi connectivity index (χ4v) is 3.06. The lowest BCUT2D eigenvalue weighted by Gasteiger charge is -2.39. The second kappa shape index (κ2) is 8.71. The zero-order valence-corrected chi connectivity index (χ0v) is 14.3. The fourth-order valence-electron chi connectivity index (χ4n) is 3.06. The number of piperidine rings is 1. The summed E-state index contributed by atoms with van der Waals surface area (Å²) in [5, 5.41) is 3.36. The molecular formula is C16H32N2O3. The van der Waals surface area contributed by atoms with E-state index in [1.807, 2.05) is 20.8 Å². The first-order valence-electron chi connectivity index (χ1n) is 8.11. The van der Waals surface area contributed by atoms with Gasteiger partial charge in [-0.3, -0.25) is 15.0 Å². The topological polar surface area (TPSA) is 50.8 Å². The Balaban J connectivity index is 2.63. The predicted molar refractivity (Wildman–Crippen MR) is 84.4 cm³/mol. The van der Waals surface area contributed by atoms with E-state index >= 15 is 0 Å². The van der Waals surface area contributed by atoms with Gasteiger partial charge in [-0.05, 0) is 46.6 Å². The number of nitrogens with one attached hydrogen (secondary N) is 1. The molecule has 0 aromatic rings. The average molecular weight is 300 g/mol. The Kier molecular flexibility index (Phi) is 7.63. The van der Waals surface area contributed by atoms with E-state index in [9.17, 15) is 4.79 Å². The fraction of sp³-hybridized carbons (Fsp3) is 0.938. The largest absolute Gasteiger partial charge is 0.468 e. The summed E-state index contributed by atoms with van der Waals surface area (Å²) >= 11 is 0. The van der Waals surface area contributed by atoms with Crippen molar-refractivity contribution >= 4 is 5.97 Å². The third-order valence-electron chi connectivity index (χ3n) is 3.80. The summed E-state index contributed by atoms with van der Waals surface area (Å²) in [6, 6.07) is 0.228. The number of hydrogen-bond donors (Lipinski definition) is 1. The van der Waals surface area contributed by atoms with Crippen LogP contribution in [0.4, 0.5) is 0 Å². The zero-order valence-electron chi connectivity index (χ0n) is 14.3. The summed E-state index contributed by atoms with van der Waals surface area (Å²) in [4.78, 5) is 14.5. The lowest BCUT2D eigenvalue weighted by molar-refractivity contribution is -0.149. The van der Waals surface area contributed by atoms with E-state index in [0.717, 1.165) is 39.0 Å². The minimum Gasteiger partial charge on any atom is -0.468 e. The number of hydrogen-bond acceptors (Lipinski definition) is 5. The lowest BCUT2D eigenvalue weighted by Crippen LogP contribution is -2.60. The Morgan fingerprint density at radius 1 is 1.48 bits per heavy atom. The Morgan fingerprint density at radius 3 is 2.76 bits per heavy atom. The standard InChI is InChI=1S/C16H32N2O3/c1-6-10-21-14-8-7-9-18(11-14)12-16(4,15(19)20-5)17-13(2)3/h13-14,17H,6-12H2,1-5H3. The summed E-state index contributed by atoms with van der Waals surface area (Å²) in [6.45, 7) is 11.5. The summed E-state index contributed by atoms with van der Waals surface area (Å²) in [7, 11) is 1.45. The van der Waals surface area contributed by atoms with Gasteiger partial charge in [0.15, 0.2) is 0 Å². The van der Waals surface area contributed by atoms with Crippen molar-refractivity contribution in [3.05, 3.63) is 0 Å². The van der Waals surface area contributed by atoms with E-state index in [4.69, 9.17) is 9.47 Å². The van der Waals surface area contributed by atoms with Gasteiger partial charge in [-0.1, -0.05) is 6.92 Å². The molecule has 1 rings (SSSR count). The van der Waals surface area contributed by atoms with Gasteiger partial charge in [-0.2, -0.15) is 0 Å². The maximum atomic E-state index is 12.2. The predicted octanol–water partition coefficient (Wildman–Crippen LogP) is 1.81. The van der Waals surface area contributed by atoms with Crippen LogP contribution in [0.15, 0.2) is 0 Å². The van der Waals surface area contributed by atoms with Crippen molar-refractivity contribution in [3.63, 3.8) is 0 Å². The molecule has 0 aromatic heterocycles. The Morgan fingerprint density at radius 2 is 2.19 bits per heavy atom. The highest BCUT2D eigenvalue weighted by atomic mass is 16.5. The first-order valence-corrected chi connectivity index (χ1v) is 8.11. The molecule has 0 aromatic carbocycles. The lowest BCUT2D eigenvalue weighted by atomic mass is 9.98. The molecule has 1 aliphatic rings. The van der Waals surface area contributed by atoms with E-state index in [-0.39, 0.29) is 12.0 Å². The van der Waals surface area contributed by atoms with Crippen LogP contribution in [0, 0.1) is 0 Å². The van der Waals surface area contributed by atoms with Gasteiger partial charge in [-0.25, -0.2) is 0 Å². The van der Waals surface area contributed by atoms with E-state index in [1.54, 1.807) is 0 Å². The van der Waals surface area contributed by atoms with Gasteiger partial charge < -0.3 is 9.47 Å². The van der Waals surface area contributed by atoms with Crippen LogP contribution in [0.3, 0.4) is 0 Å². The summed E-state index contributed by atoms with van der Waals surface area (Å²) < 4.78 is 10.9. The van der Waals surface area contributed by atoms with E-state index < -0.39 is 5.54 Å². The molecule has 21 heavy (non-hydrogen) atoms. The van der Waals surface area contributed by atoms with Gasteiger partial charge in [0.2, 0.25) is 0 Å². The number of rotatable bonds is 8. The SMILES string of the molecule is CCCOC1CCCN(CC(C)(NC(C)C)C(=O)OC)C1. The molecule has 0 spiro atoms. The molecule has 0 saturated carbocycles. The molecule has 2 unspecified atom stereocenters. The average Bonchev–Trinajstić information content (AvgIpc) is 2.43. The molecule has 1 N–H and O–H groups in total. The van der Waals surface area contributed by atoms with Crippen LogP contribution in [0.5, 0.6) is 0 Å². The van der Waals surface area contributed by atoms with Gasteiger partial charge in [0, 0.05) is 25.7 Å². The van der Waals surface area contributed by atoms with Crippen molar-refractivity contribution in [1.29, 1.82) is 0 Å². The Labute approximate surface area is 129 Å². The van der Waals surface area contributed by atoms with Crippen LogP contribution in [0.2, 0.25) is 0 Å². The molecular weight excluding hydrogens is 268 g/mol. The van der Waals surface area contributed by atoms with Gasteiger partial charge in [0.1, 0.15) is 5.54 Å². The maximum Gasteiger partial charge on any atom is 0.327 e. The quantitative estimate of drug-likeness (QED) is 0.693. The van der Waals surface area contributed by atoms with Crippen molar-refractivity contribution in [2.45, 2.75) is 64.6 Å². The van der Waals surface area contributed by atoms with E-state index in [1.165, 1.54) is 7.11 Å². The molecule has 0 radical (unpaired) electrons. The normalized spacial score (nSPS) is 23.0. The van der Waals surface area contributed by atoms with Crippen LogP contribution in [0.25, 0.3) is 0 Å². The summed E-state index contributed by atoms with van der Waals surface area (Å²) in [6.07, 6.45) is 3.57. The van der Waals surface area contributed by atoms with Crippen molar-refractivity contribution in [3.8, 4) is 0 Å². The van der Waals surface area contributed by atoms with Crippen LogP contribution in [-0.4, -0.2) is 61.9 Å². The third kappa shape index (κ3) is 5.93. The highest BCUT2D eigenvalue weighted by Crippen LogP contribution is 2.18. The molecule has 0 bridgehead atoms. The van der Waals surface area contributed by atoms with Crippen molar-refractivity contribution in [1.82, 2.24) is 10.2 Å².